The molecule has 0 aliphatic rings. The molecule has 5 N–H and O–H groups in total. The molecule has 1 unspecified atom stereocenters. The van der Waals surface area contributed by atoms with Crippen molar-refractivity contribution in [2.75, 3.05) is 5.73 Å². The Morgan fingerprint density at radius 1 is 1.22 bits per heavy atom. The SMILES string of the molecule is NNC(Cc1cc(Br)cs1)c1cc(Br)ccc1N. The molecule has 18 heavy (non-hydrogen) atoms. The summed E-state index contributed by atoms with van der Waals surface area (Å²) in [6, 6.07) is 7.92. The van der Waals surface area contributed by atoms with E-state index in [2.05, 4.69) is 48.7 Å². The van der Waals surface area contributed by atoms with Crippen LogP contribution in [0.1, 0.15) is 16.5 Å². The van der Waals surface area contributed by atoms with Crippen LogP contribution in [0.3, 0.4) is 0 Å². The van der Waals surface area contributed by atoms with Gasteiger partial charge in [-0.2, -0.15) is 0 Å². The first-order valence-corrected chi connectivity index (χ1v) is 7.80. The van der Waals surface area contributed by atoms with Crippen LogP contribution in [0.4, 0.5) is 5.69 Å². The van der Waals surface area contributed by atoms with Crippen molar-refractivity contribution in [2.24, 2.45) is 5.84 Å². The first-order chi connectivity index (χ1) is 8.60. The number of nitrogens with two attached hydrogens (primary N) is 2. The molecule has 0 bridgehead atoms. The Hall–Kier alpha value is -0.400. The molecule has 2 aromatic rings. The summed E-state index contributed by atoms with van der Waals surface area (Å²) in [5, 5.41) is 2.06. The summed E-state index contributed by atoms with van der Waals surface area (Å²) in [7, 11) is 0. The molecule has 0 aliphatic carbocycles. The van der Waals surface area contributed by atoms with Gasteiger partial charge in [0.25, 0.3) is 0 Å². The van der Waals surface area contributed by atoms with Gasteiger partial charge in [0.2, 0.25) is 0 Å². The Morgan fingerprint density at radius 3 is 2.61 bits per heavy atom. The topological polar surface area (TPSA) is 64.1 Å². The third-order valence-electron chi connectivity index (χ3n) is 2.65. The number of hydrogen-bond acceptors (Lipinski definition) is 4. The highest BCUT2D eigenvalue weighted by Gasteiger charge is 2.15. The average Bonchev–Trinajstić information content (AvgIpc) is 2.75. The zero-order valence-corrected chi connectivity index (χ0v) is 13.5. The van der Waals surface area contributed by atoms with Crippen molar-refractivity contribution in [1.29, 1.82) is 0 Å². The van der Waals surface area contributed by atoms with Gasteiger partial charge in [0.05, 0.1) is 6.04 Å². The minimum Gasteiger partial charge on any atom is -0.398 e. The first kappa shape index (κ1) is 14.0. The zero-order valence-electron chi connectivity index (χ0n) is 9.49. The highest BCUT2D eigenvalue weighted by Crippen LogP contribution is 2.29. The maximum atomic E-state index is 6.00. The second-order valence-electron chi connectivity index (χ2n) is 3.93. The monoisotopic (exact) mass is 389 g/mol. The number of anilines is 1. The Kier molecular flexibility index (Phi) is 4.80. The van der Waals surface area contributed by atoms with Crippen LogP contribution in [0.5, 0.6) is 0 Å². The minimum atomic E-state index is 0.00745. The van der Waals surface area contributed by atoms with Gasteiger partial charge >= 0.3 is 0 Å². The number of hydrogen-bond donors (Lipinski definition) is 3. The second-order valence-corrected chi connectivity index (χ2v) is 6.75. The van der Waals surface area contributed by atoms with E-state index in [-0.39, 0.29) is 6.04 Å². The van der Waals surface area contributed by atoms with E-state index in [0.29, 0.717) is 0 Å². The van der Waals surface area contributed by atoms with Crippen LogP contribution < -0.4 is 17.0 Å². The number of halogens is 2. The summed E-state index contributed by atoms with van der Waals surface area (Å²) in [4.78, 5) is 1.25. The molecule has 0 saturated heterocycles. The Bertz CT molecular complexity index is 542. The molecule has 1 aromatic carbocycles. The summed E-state index contributed by atoms with van der Waals surface area (Å²) in [5.74, 6) is 5.65. The van der Waals surface area contributed by atoms with Crippen molar-refractivity contribution in [1.82, 2.24) is 5.43 Å². The predicted octanol–water partition coefficient (Wildman–Crippen LogP) is 3.60. The van der Waals surface area contributed by atoms with E-state index in [1.807, 2.05) is 18.2 Å². The fourth-order valence-corrected chi connectivity index (χ4v) is 3.65. The van der Waals surface area contributed by atoms with E-state index in [1.165, 1.54) is 4.88 Å². The van der Waals surface area contributed by atoms with E-state index in [4.69, 9.17) is 11.6 Å². The normalized spacial score (nSPS) is 12.6. The van der Waals surface area contributed by atoms with Crippen molar-refractivity contribution in [2.45, 2.75) is 12.5 Å². The smallest absolute Gasteiger partial charge is 0.0528 e. The Morgan fingerprint density at radius 2 is 2.00 bits per heavy atom. The van der Waals surface area contributed by atoms with Gasteiger partial charge in [-0.05, 0) is 45.8 Å². The van der Waals surface area contributed by atoms with Crippen molar-refractivity contribution in [3.63, 3.8) is 0 Å². The van der Waals surface area contributed by atoms with Gasteiger partial charge in [-0.1, -0.05) is 15.9 Å². The molecule has 0 aliphatic heterocycles. The number of rotatable bonds is 4. The van der Waals surface area contributed by atoms with E-state index in [1.54, 1.807) is 11.3 Å². The van der Waals surface area contributed by atoms with Gasteiger partial charge in [0.1, 0.15) is 0 Å². The average molecular weight is 391 g/mol. The molecule has 2 rings (SSSR count). The molecule has 3 nitrogen and oxygen atoms in total. The standard InChI is InChI=1S/C12H13Br2N3S/c13-7-1-2-11(15)10(4-7)12(17-16)5-9-3-8(14)6-18-9/h1-4,6,12,17H,5,15-16H2. The van der Waals surface area contributed by atoms with Gasteiger partial charge in [0, 0.05) is 31.3 Å². The maximum Gasteiger partial charge on any atom is 0.0528 e. The van der Waals surface area contributed by atoms with Crippen molar-refractivity contribution in [3.8, 4) is 0 Å². The van der Waals surface area contributed by atoms with Gasteiger partial charge in [-0.25, -0.2) is 0 Å². The van der Waals surface area contributed by atoms with Crippen LogP contribution in [0.15, 0.2) is 38.6 Å². The van der Waals surface area contributed by atoms with Crippen LogP contribution in [0.2, 0.25) is 0 Å². The van der Waals surface area contributed by atoms with Crippen LogP contribution in [-0.4, -0.2) is 0 Å². The lowest BCUT2D eigenvalue weighted by molar-refractivity contribution is 0.557. The molecule has 0 amide bonds. The highest BCUT2D eigenvalue weighted by molar-refractivity contribution is 9.10. The highest BCUT2D eigenvalue weighted by atomic mass is 79.9. The molecule has 96 valence electrons. The molecule has 0 radical (unpaired) electrons. The fourth-order valence-electron chi connectivity index (χ4n) is 1.77. The van der Waals surface area contributed by atoms with Gasteiger partial charge < -0.3 is 5.73 Å². The van der Waals surface area contributed by atoms with Crippen LogP contribution >= 0.6 is 43.2 Å². The molecule has 0 spiro atoms. The van der Waals surface area contributed by atoms with E-state index >= 15 is 0 Å². The van der Waals surface area contributed by atoms with Gasteiger partial charge in [-0.3, -0.25) is 11.3 Å². The molecule has 1 atom stereocenters. The van der Waals surface area contributed by atoms with Gasteiger partial charge in [-0.15, -0.1) is 11.3 Å². The Labute approximate surface area is 127 Å². The number of nitrogens with one attached hydrogen (secondary N) is 1. The van der Waals surface area contributed by atoms with Crippen molar-refractivity contribution in [3.05, 3.63) is 49.0 Å². The number of nitrogen functional groups attached to an aromatic ring is 1. The molecule has 0 saturated carbocycles. The summed E-state index contributed by atoms with van der Waals surface area (Å²) < 4.78 is 2.10. The van der Waals surface area contributed by atoms with E-state index in [9.17, 15) is 0 Å². The Balaban J connectivity index is 2.25. The van der Waals surface area contributed by atoms with Crippen LogP contribution in [-0.2, 0) is 6.42 Å². The lowest BCUT2D eigenvalue weighted by Gasteiger charge is -2.17. The first-order valence-electron chi connectivity index (χ1n) is 5.34. The molecule has 1 aromatic heterocycles. The lowest BCUT2D eigenvalue weighted by atomic mass is 10.0. The molecule has 0 fully saturated rings. The van der Waals surface area contributed by atoms with E-state index < -0.39 is 0 Å². The number of hydrazine groups is 1. The van der Waals surface area contributed by atoms with E-state index in [0.717, 1.165) is 26.6 Å². The minimum absolute atomic E-state index is 0.00745. The number of benzene rings is 1. The van der Waals surface area contributed by atoms with Gasteiger partial charge in [0.15, 0.2) is 0 Å². The fraction of sp³-hybridized carbons (Fsp3) is 0.167. The maximum absolute atomic E-state index is 6.00. The summed E-state index contributed by atoms with van der Waals surface area (Å²) in [6.45, 7) is 0. The molecule has 6 heteroatoms. The summed E-state index contributed by atoms with van der Waals surface area (Å²) >= 11 is 8.61. The lowest BCUT2D eigenvalue weighted by Crippen LogP contribution is -2.30. The van der Waals surface area contributed by atoms with Crippen LogP contribution in [0, 0.1) is 0 Å². The second kappa shape index (κ2) is 6.16. The largest absolute Gasteiger partial charge is 0.398 e. The van der Waals surface area contributed by atoms with Crippen molar-refractivity contribution >= 4 is 48.9 Å². The summed E-state index contributed by atoms with van der Waals surface area (Å²) in [6.07, 6.45) is 0.813. The third kappa shape index (κ3) is 3.33. The predicted molar refractivity (Wildman–Crippen MR) is 84.3 cm³/mol. The van der Waals surface area contributed by atoms with Crippen LogP contribution in [0.25, 0.3) is 0 Å². The molecular weight excluding hydrogens is 378 g/mol. The third-order valence-corrected chi connectivity index (χ3v) is 4.87. The number of thiophene rings is 1. The van der Waals surface area contributed by atoms with Crippen molar-refractivity contribution < 1.29 is 0 Å². The quantitative estimate of drug-likeness (QED) is 0.424. The molecular formula is C12H13Br2N3S. The summed E-state index contributed by atoms with van der Waals surface area (Å²) in [5.41, 5.74) is 10.6. The molecule has 1 heterocycles. The zero-order chi connectivity index (χ0) is 13.1.